The number of nitrogens with zero attached hydrogens (tertiary/aromatic N) is 5. The van der Waals surface area contributed by atoms with E-state index in [0.29, 0.717) is 29.5 Å². The molecule has 0 saturated carbocycles. The fourth-order valence-corrected chi connectivity index (χ4v) is 4.54. The van der Waals surface area contributed by atoms with Crippen LogP contribution in [-0.4, -0.2) is 32.6 Å². The maximum absolute atomic E-state index is 12.0. The summed E-state index contributed by atoms with van der Waals surface area (Å²) in [6.45, 7) is 5.51. The molecule has 0 spiro atoms. The molecule has 9 nitrogen and oxygen atoms in total. The Labute approximate surface area is 209 Å². The standard InChI is InChI=1S/C27H29N7O2/c1-5-6-20(16-29-17(2)36-4)19-9-7-18(8-10-19)11-24-26(32-35)27(33(3)30-24)34-25-13-22-15-28-14-21(22)12-23(25)31-34/h5-10,12-13,16,28,31H,11,14-15H2,1-4H3/b6-5-,20-16+,29-17+. The molecule has 0 saturated heterocycles. The average Bonchev–Trinajstić information content (AvgIpc) is 3.46. The van der Waals surface area contributed by atoms with Crippen LogP contribution in [-0.2, 0) is 31.3 Å². The third-order valence-corrected chi connectivity index (χ3v) is 6.47. The predicted octanol–water partition coefficient (Wildman–Crippen LogP) is 5.27. The van der Waals surface area contributed by atoms with Gasteiger partial charge in [0.05, 0.1) is 23.8 Å². The summed E-state index contributed by atoms with van der Waals surface area (Å²) in [6.07, 6.45) is 6.26. The Morgan fingerprint density at radius 2 is 1.94 bits per heavy atom. The number of allylic oxidation sites excluding steroid dienone is 3. The molecule has 5 rings (SSSR count). The summed E-state index contributed by atoms with van der Waals surface area (Å²) in [5.74, 6) is 1.23. The van der Waals surface area contributed by atoms with Crippen LogP contribution in [0.2, 0.25) is 0 Å². The van der Waals surface area contributed by atoms with E-state index in [4.69, 9.17) is 4.74 Å². The highest BCUT2D eigenvalue weighted by Crippen LogP contribution is 2.33. The number of nitrogens with one attached hydrogen (secondary N) is 2. The van der Waals surface area contributed by atoms with Crippen LogP contribution in [0.15, 0.2) is 64.9 Å². The first-order chi connectivity index (χ1) is 17.5. The second kappa shape index (κ2) is 9.79. The lowest BCUT2D eigenvalue weighted by molar-refractivity contribution is 0.400. The molecule has 36 heavy (non-hydrogen) atoms. The fourth-order valence-electron chi connectivity index (χ4n) is 4.54. The van der Waals surface area contributed by atoms with E-state index in [1.54, 1.807) is 18.0 Å². The molecule has 0 amide bonds. The maximum atomic E-state index is 12.0. The first-order valence-electron chi connectivity index (χ1n) is 11.9. The van der Waals surface area contributed by atoms with Crippen LogP contribution in [0.4, 0.5) is 5.69 Å². The summed E-state index contributed by atoms with van der Waals surface area (Å²) in [5, 5.41) is 14.7. The molecule has 0 atom stereocenters. The van der Waals surface area contributed by atoms with Gasteiger partial charge in [-0.1, -0.05) is 36.4 Å². The smallest absolute Gasteiger partial charge is 0.184 e. The molecular formula is C27H29N7O2. The minimum atomic E-state index is 0.345. The van der Waals surface area contributed by atoms with Crippen LogP contribution in [0.1, 0.15) is 41.8 Å². The van der Waals surface area contributed by atoms with Gasteiger partial charge in [0.25, 0.3) is 0 Å². The molecule has 1 aliphatic rings. The van der Waals surface area contributed by atoms with Crippen molar-refractivity contribution in [2.45, 2.75) is 33.4 Å². The topological polar surface area (TPSA) is 102 Å². The SMILES string of the molecule is C\C=C/C(=C\N=C(/C)OC)c1ccc(Cc2nn(C)c(-n3[nH]c4cc5c(cc43)CNC5)c2N=O)cc1. The van der Waals surface area contributed by atoms with Crippen LogP contribution in [0, 0.1) is 4.91 Å². The van der Waals surface area contributed by atoms with Gasteiger partial charge in [0.1, 0.15) is 0 Å². The van der Waals surface area contributed by atoms with E-state index in [1.807, 2.05) is 62.0 Å². The molecule has 3 heterocycles. The Morgan fingerprint density at radius 1 is 1.19 bits per heavy atom. The summed E-state index contributed by atoms with van der Waals surface area (Å²) >= 11 is 0. The second-order valence-electron chi connectivity index (χ2n) is 8.83. The molecule has 9 heteroatoms. The monoisotopic (exact) mass is 483 g/mol. The number of fused-ring (bicyclic) bond motifs is 2. The zero-order chi connectivity index (χ0) is 25.2. The minimum absolute atomic E-state index is 0.345. The third kappa shape index (κ3) is 4.29. The molecule has 184 valence electrons. The minimum Gasteiger partial charge on any atom is -0.484 e. The quantitative estimate of drug-likeness (QED) is 0.162. The lowest BCUT2D eigenvalue weighted by Gasteiger charge is -2.18. The van der Waals surface area contributed by atoms with Crippen molar-refractivity contribution in [3.8, 4) is 5.82 Å². The van der Waals surface area contributed by atoms with Gasteiger partial charge < -0.3 is 10.1 Å². The number of hydrogen-bond donors (Lipinski definition) is 2. The summed E-state index contributed by atoms with van der Waals surface area (Å²) in [4.78, 5) is 16.3. The van der Waals surface area contributed by atoms with Gasteiger partial charge in [-0.15, -0.1) is 4.91 Å². The van der Waals surface area contributed by atoms with E-state index in [1.165, 1.54) is 11.1 Å². The van der Waals surface area contributed by atoms with Crippen LogP contribution < -0.4 is 5.32 Å². The predicted molar refractivity (Wildman–Crippen MR) is 143 cm³/mol. The fraction of sp³-hybridized carbons (Fsp3) is 0.259. The van der Waals surface area contributed by atoms with Crippen molar-refractivity contribution in [1.82, 2.24) is 24.9 Å². The van der Waals surface area contributed by atoms with E-state index >= 15 is 0 Å². The highest BCUT2D eigenvalue weighted by molar-refractivity contribution is 5.83. The lowest BCUT2D eigenvalue weighted by atomic mass is 10.0. The summed E-state index contributed by atoms with van der Waals surface area (Å²) in [6, 6.07) is 12.5. The molecule has 0 bridgehead atoms. The number of rotatable bonds is 7. The van der Waals surface area contributed by atoms with Gasteiger partial charge in [0.15, 0.2) is 17.4 Å². The zero-order valence-electron chi connectivity index (χ0n) is 20.9. The second-order valence-corrected chi connectivity index (χ2v) is 8.83. The number of aliphatic imine (C=N–C) groups is 1. The van der Waals surface area contributed by atoms with E-state index in [9.17, 15) is 4.91 Å². The van der Waals surface area contributed by atoms with Crippen LogP contribution in [0.5, 0.6) is 0 Å². The van der Waals surface area contributed by atoms with E-state index < -0.39 is 0 Å². The molecular weight excluding hydrogens is 454 g/mol. The van der Waals surface area contributed by atoms with Crippen molar-refractivity contribution >= 4 is 28.2 Å². The van der Waals surface area contributed by atoms with Gasteiger partial charge in [0, 0.05) is 39.7 Å². The third-order valence-electron chi connectivity index (χ3n) is 6.47. The first-order valence-corrected chi connectivity index (χ1v) is 11.9. The highest BCUT2D eigenvalue weighted by atomic mass is 16.5. The largest absolute Gasteiger partial charge is 0.484 e. The number of H-pyrrole nitrogens is 1. The number of aryl methyl sites for hydroxylation is 1. The van der Waals surface area contributed by atoms with Crippen LogP contribution in [0.25, 0.3) is 22.4 Å². The molecule has 0 radical (unpaired) electrons. The number of nitroso groups, excluding NO2 is 1. The van der Waals surface area contributed by atoms with E-state index in [2.05, 4.69) is 37.8 Å². The van der Waals surface area contributed by atoms with Gasteiger partial charge in [-0.3, -0.25) is 5.10 Å². The highest BCUT2D eigenvalue weighted by Gasteiger charge is 2.23. The summed E-state index contributed by atoms with van der Waals surface area (Å²) in [7, 11) is 3.43. The molecule has 2 aromatic carbocycles. The number of aromatic nitrogens is 4. The molecule has 2 aromatic heterocycles. The van der Waals surface area contributed by atoms with Gasteiger partial charge in [-0.05, 0) is 52.1 Å². The molecule has 0 unspecified atom stereocenters. The first kappa shape index (κ1) is 23.5. The Kier molecular flexibility index (Phi) is 6.39. The molecule has 0 fully saturated rings. The number of methoxy groups -OCH3 is 1. The van der Waals surface area contributed by atoms with Crippen LogP contribution in [0.3, 0.4) is 0 Å². The van der Waals surface area contributed by atoms with E-state index in [0.717, 1.165) is 40.8 Å². The number of aromatic amines is 1. The normalized spacial score (nSPS) is 14.2. The van der Waals surface area contributed by atoms with Crippen molar-refractivity contribution < 1.29 is 4.74 Å². The van der Waals surface area contributed by atoms with Crippen molar-refractivity contribution in [3.05, 3.63) is 87.6 Å². The summed E-state index contributed by atoms with van der Waals surface area (Å²) in [5.41, 5.74) is 8.66. The van der Waals surface area contributed by atoms with Crippen molar-refractivity contribution in [3.63, 3.8) is 0 Å². The van der Waals surface area contributed by atoms with Crippen molar-refractivity contribution in [1.29, 1.82) is 0 Å². The van der Waals surface area contributed by atoms with Crippen molar-refractivity contribution in [2.75, 3.05) is 7.11 Å². The summed E-state index contributed by atoms with van der Waals surface area (Å²) < 4.78 is 8.73. The molecule has 0 aliphatic carbocycles. The maximum Gasteiger partial charge on any atom is 0.184 e. The van der Waals surface area contributed by atoms with Crippen LogP contribution >= 0.6 is 0 Å². The Balaban J connectivity index is 1.43. The lowest BCUT2D eigenvalue weighted by Crippen LogP contribution is -2.13. The molecule has 4 aromatic rings. The van der Waals surface area contributed by atoms with Gasteiger partial charge in [0.2, 0.25) is 0 Å². The van der Waals surface area contributed by atoms with Gasteiger partial charge in [-0.25, -0.2) is 14.4 Å². The Bertz CT molecular complexity index is 1510. The van der Waals surface area contributed by atoms with Gasteiger partial charge >= 0.3 is 0 Å². The molecule has 2 N–H and O–H groups in total. The number of ether oxygens (including phenoxy) is 1. The zero-order valence-corrected chi connectivity index (χ0v) is 20.9. The molecule has 1 aliphatic heterocycles. The number of benzene rings is 2. The average molecular weight is 484 g/mol. The Hall–Kier alpha value is -4.24. The van der Waals surface area contributed by atoms with Crippen molar-refractivity contribution in [2.24, 2.45) is 17.2 Å². The Morgan fingerprint density at radius 3 is 2.64 bits per heavy atom. The number of hydrogen-bond acceptors (Lipinski definition) is 6. The van der Waals surface area contributed by atoms with E-state index in [-0.39, 0.29) is 0 Å². The van der Waals surface area contributed by atoms with Gasteiger partial charge in [-0.2, -0.15) is 5.10 Å².